The van der Waals surface area contributed by atoms with Gasteiger partial charge in [-0.25, -0.2) is 4.79 Å². The number of nitrogens with zero attached hydrogens (tertiary/aromatic N) is 1. The molecule has 0 aliphatic carbocycles. The molecule has 0 unspecified atom stereocenters. The second kappa shape index (κ2) is 13.4. The predicted molar refractivity (Wildman–Crippen MR) is 163 cm³/mol. The van der Waals surface area contributed by atoms with Crippen LogP contribution in [0.4, 0.5) is 4.79 Å². The summed E-state index contributed by atoms with van der Waals surface area (Å²) in [6, 6.07) is 22.5. The lowest BCUT2D eigenvalue weighted by Crippen LogP contribution is -2.66. The topological polar surface area (TPSA) is 59.0 Å². The number of likely N-dealkylation sites (tertiary alicyclic amines) is 1. The Hall–Kier alpha value is -1.94. The molecule has 2 atom stereocenters. The second-order valence-electron chi connectivity index (χ2n) is 13.0. The quantitative estimate of drug-likeness (QED) is 0.359. The minimum Gasteiger partial charge on any atom is -0.450 e. The van der Waals surface area contributed by atoms with E-state index in [-0.39, 0.29) is 23.7 Å². The van der Waals surface area contributed by atoms with Crippen LogP contribution in [-0.4, -0.2) is 65.4 Å². The summed E-state index contributed by atoms with van der Waals surface area (Å²) in [5.41, 5.74) is 0. The van der Waals surface area contributed by atoms with Gasteiger partial charge in [-0.1, -0.05) is 101 Å². The van der Waals surface area contributed by atoms with Crippen molar-refractivity contribution >= 4 is 32.9 Å². The number of piperidine rings is 1. The van der Waals surface area contributed by atoms with E-state index >= 15 is 0 Å². The number of rotatable bonds is 11. The third kappa shape index (κ3) is 7.81. The van der Waals surface area contributed by atoms with Gasteiger partial charge in [0.1, 0.15) is 0 Å². The number of aliphatic hydroxyl groups excluding tert-OH is 1. The fourth-order valence-corrected chi connectivity index (χ4v) is 11.1. The third-order valence-corrected chi connectivity index (χ3v) is 14.7. The Morgan fingerprint density at radius 2 is 1.50 bits per heavy atom. The first kappa shape index (κ1) is 30.6. The number of carbonyl (C=O) groups is 1. The molecular formula is C31H49NO4Si2. The van der Waals surface area contributed by atoms with Crippen LogP contribution in [0.3, 0.4) is 0 Å². The van der Waals surface area contributed by atoms with E-state index in [2.05, 4.69) is 101 Å². The molecule has 0 radical (unpaired) electrons. The fourth-order valence-electron chi connectivity index (χ4n) is 5.78. The Balaban J connectivity index is 1.71. The van der Waals surface area contributed by atoms with E-state index in [0.29, 0.717) is 38.6 Å². The Bertz CT molecular complexity index is 949. The fraction of sp³-hybridized carbons (Fsp3) is 0.581. The largest absolute Gasteiger partial charge is 0.450 e. The standard InChI is InChI=1S/C31H49NO4Si2/c1-31(2,3)38(28-13-9-7-10-14-28,29-15-11-8-12-16-29)36-22-19-26-17-20-32(25-27(26)18-21-33)30(34)35-23-24-37(4,5)6/h7-16,26-27,33H,17-25H2,1-6H3/t26-,27-/m0/s1. The minimum atomic E-state index is -2.57. The minimum absolute atomic E-state index is 0.0523. The summed E-state index contributed by atoms with van der Waals surface area (Å²) >= 11 is 0. The Morgan fingerprint density at radius 3 is 2.00 bits per heavy atom. The molecule has 2 aromatic carbocycles. The lowest BCUT2D eigenvalue weighted by molar-refractivity contribution is 0.0577. The van der Waals surface area contributed by atoms with E-state index in [9.17, 15) is 9.90 Å². The number of carbonyl (C=O) groups excluding carboxylic acids is 1. The van der Waals surface area contributed by atoms with Crippen LogP contribution in [-0.2, 0) is 9.16 Å². The molecule has 1 aliphatic heterocycles. The number of hydrogen-bond acceptors (Lipinski definition) is 4. The van der Waals surface area contributed by atoms with Crippen molar-refractivity contribution in [2.75, 3.05) is 32.9 Å². The monoisotopic (exact) mass is 555 g/mol. The highest BCUT2D eigenvalue weighted by molar-refractivity contribution is 6.99. The molecule has 1 amide bonds. The first-order chi connectivity index (χ1) is 18.0. The number of amides is 1. The van der Waals surface area contributed by atoms with Gasteiger partial charge >= 0.3 is 6.09 Å². The molecule has 7 heteroatoms. The van der Waals surface area contributed by atoms with Gasteiger partial charge in [-0.05, 0) is 52.6 Å². The van der Waals surface area contributed by atoms with Gasteiger partial charge in [0.05, 0.1) is 6.61 Å². The van der Waals surface area contributed by atoms with Gasteiger partial charge in [-0.2, -0.15) is 0 Å². The molecular weight excluding hydrogens is 507 g/mol. The lowest BCUT2D eigenvalue weighted by Gasteiger charge is -2.44. The molecule has 0 spiro atoms. The van der Waals surface area contributed by atoms with E-state index in [1.165, 1.54) is 10.4 Å². The van der Waals surface area contributed by atoms with Gasteiger partial charge in [0.25, 0.3) is 8.32 Å². The van der Waals surface area contributed by atoms with Crippen molar-refractivity contribution in [2.45, 2.75) is 70.8 Å². The van der Waals surface area contributed by atoms with Crippen molar-refractivity contribution in [3.63, 3.8) is 0 Å². The molecule has 1 heterocycles. The average molecular weight is 556 g/mol. The van der Waals surface area contributed by atoms with Crippen LogP contribution >= 0.6 is 0 Å². The summed E-state index contributed by atoms with van der Waals surface area (Å²) in [6.45, 7) is 16.4. The Kier molecular flexibility index (Phi) is 10.8. The van der Waals surface area contributed by atoms with Crippen molar-refractivity contribution in [1.29, 1.82) is 0 Å². The summed E-state index contributed by atoms with van der Waals surface area (Å²) < 4.78 is 12.8. The maximum Gasteiger partial charge on any atom is 0.409 e. The smallest absolute Gasteiger partial charge is 0.409 e. The molecule has 1 fully saturated rings. The van der Waals surface area contributed by atoms with E-state index in [0.717, 1.165) is 18.9 Å². The highest BCUT2D eigenvalue weighted by Gasteiger charge is 2.50. The van der Waals surface area contributed by atoms with Crippen LogP contribution in [0.5, 0.6) is 0 Å². The maximum atomic E-state index is 12.7. The van der Waals surface area contributed by atoms with E-state index < -0.39 is 16.4 Å². The van der Waals surface area contributed by atoms with Gasteiger partial charge in [0.2, 0.25) is 0 Å². The third-order valence-electron chi connectivity index (χ3n) is 7.95. The Labute approximate surface area is 232 Å². The van der Waals surface area contributed by atoms with Gasteiger partial charge in [0.15, 0.2) is 0 Å². The molecule has 210 valence electrons. The van der Waals surface area contributed by atoms with Crippen molar-refractivity contribution in [1.82, 2.24) is 4.90 Å². The van der Waals surface area contributed by atoms with Gasteiger partial charge < -0.3 is 19.2 Å². The Morgan fingerprint density at radius 1 is 0.921 bits per heavy atom. The first-order valence-electron chi connectivity index (χ1n) is 14.3. The van der Waals surface area contributed by atoms with E-state index in [1.807, 2.05) is 4.90 Å². The van der Waals surface area contributed by atoms with Crippen LogP contribution in [0.1, 0.15) is 40.0 Å². The summed E-state index contributed by atoms with van der Waals surface area (Å²) in [7, 11) is -3.81. The molecule has 5 nitrogen and oxygen atoms in total. The van der Waals surface area contributed by atoms with Gasteiger partial charge in [-0.15, -0.1) is 0 Å². The van der Waals surface area contributed by atoms with Crippen molar-refractivity contribution in [3.8, 4) is 0 Å². The first-order valence-corrected chi connectivity index (χ1v) is 19.9. The van der Waals surface area contributed by atoms with Gasteiger partial charge in [-0.3, -0.25) is 0 Å². The van der Waals surface area contributed by atoms with Crippen LogP contribution < -0.4 is 10.4 Å². The molecule has 0 saturated carbocycles. The van der Waals surface area contributed by atoms with Crippen molar-refractivity contribution in [3.05, 3.63) is 60.7 Å². The molecule has 1 saturated heterocycles. The molecule has 2 aromatic rings. The van der Waals surface area contributed by atoms with Crippen molar-refractivity contribution < 1.29 is 19.1 Å². The van der Waals surface area contributed by atoms with Crippen LogP contribution in [0.15, 0.2) is 60.7 Å². The van der Waals surface area contributed by atoms with Gasteiger partial charge in [0, 0.05) is 34.4 Å². The number of ether oxygens (including phenoxy) is 1. The molecule has 38 heavy (non-hydrogen) atoms. The number of hydrogen-bond donors (Lipinski definition) is 1. The second-order valence-corrected chi connectivity index (χ2v) is 22.9. The van der Waals surface area contributed by atoms with E-state index in [1.54, 1.807) is 0 Å². The summed E-state index contributed by atoms with van der Waals surface area (Å²) in [5.74, 6) is 0.660. The van der Waals surface area contributed by atoms with Crippen LogP contribution in [0.25, 0.3) is 0 Å². The number of benzene rings is 2. The zero-order chi connectivity index (χ0) is 27.8. The van der Waals surface area contributed by atoms with Crippen LogP contribution in [0.2, 0.25) is 30.7 Å². The lowest BCUT2D eigenvalue weighted by atomic mass is 9.81. The SMILES string of the molecule is CC(C)(C)[Si](OCC[C@@H]1CCN(C(=O)OCC[Si](C)(C)C)C[C@@H]1CCO)(c1ccccc1)c1ccccc1. The molecule has 0 bridgehead atoms. The maximum absolute atomic E-state index is 12.7. The molecule has 0 aromatic heterocycles. The zero-order valence-electron chi connectivity index (χ0n) is 24.4. The molecule has 3 rings (SSSR count). The summed E-state index contributed by atoms with van der Waals surface area (Å²) in [4.78, 5) is 14.6. The highest BCUT2D eigenvalue weighted by atomic mass is 28.4. The van der Waals surface area contributed by atoms with Crippen LogP contribution in [0, 0.1) is 11.8 Å². The zero-order valence-corrected chi connectivity index (χ0v) is 26.4. The summed E-state index contributed by atoms with van der Waals surface area (Å²) in [5, 5.41) is 12.3. The van der Waals surface area contributed by atoms with Crippen molar-refractivity contribution in [2.24, 2.45) is 11.8 Å². The summed E-state index contributed by atoms with van der Waals surface area (Å²) in [6.07, 6.45) is 2.34. The predicted octanol–water partition coefficient (Wildman–Crippen LogP) is 5.75. The highest BCUT2D eigenvalue weighted by Crippen LogP contribution is 2.37. The molecule has 1 N–H and O–H groups in total. The number of aliphatic hydroxyl groups is 1. The normalized spacial score (nSPS) is 18.9. The average Bonchev–Trinajstić information content (AvgIpc) is 2.87. The molecule has 1 aliphatic rings. The van der Waals surface area contributed by atoms with E-state index in [4.69, 9.17) is 9.16 Å².